The lowest BCUT2D eigenvalue weighted by Crippen LogP contribution is -2.28. The molecule has 2 heterocycles. The lowest BCUT2D eigenvalue weighted by atomic mass is 10.1. The molecule has 1 atom stereocenters. The maximum atomic E-state index is 13.8. The van der Waals surface area contributed by atoms with Gasteiger partial charge in [0.25, 0.3) is 0 Å². The van der Waals surface area contributed by atoms with Gasteiger partial charge in [-0.05, 0) is 19.1 Å². The highest BCUT2D eigenvalue weighted by molar-refractivity contribution is 7.13. The smallest absolute Gasteiger partial charge is 0.231 e. The van der Waals surface area contributed by atoms with Gasteiger partial charge in [0.1, 0.15) is 5.82 Å². The van der Waals surface area contributed by atoms with E-state index in [1.54, 1.807) is 12.1 Å². The molecule has 1 fully saturated rings. The van der Waals surface area contributed by atoms with Crippen LogP contribution < -0.4 is 10.2 Å². The second-order valence-corrected chi connectivity index (χ2v) is 6.00. The molecule has 1 aromatic carbocycles. The summed E-state index contributed by atoms with van der Waals surface area (Å²) >= 11 is 1.34. The van der Waals surface area contributed by atoms with Gasteiger partial charge >= 0.3 is 0 Å². The molecule has 7 heteroatoms. The van der Waals surface area contributed by atoms with Crippen LogP contribution in [0.2, 0.25) is 0 Å². The molecule has 1 saturated heterocycles. The quantitative estimate of drug-likeness (QED) is 0.946. The van der Waals surface area contributed by atoms with E-state index in [1.807, 2.05) is 12.3 Å². The number of benzene rings is 1. The third-order valence-corrected chi connectivity index (χ3v) is 4.36. The number of hydrogen-bond acceptors (Lipinski definition) is 4. The van der Waals surface area contributed by atoms with Crippen LogP contribution >= 0.6 is 11.3 Å². The van der Waals surface area contributed by atoms with E-state index >= 15 is 0 Å². The average molecular weight is 319 g/mol. The highest BCUT2D eigenvalue weighted by Crippen LogP contribution is 2.28. The minimum atomic E-state index is -0.503. The monoisotopic (exact) mass is 319 g/mol. The number of halogens is 1. The minimum absolute atomic E-state index is 0.0739. The van der Waals surface area contributed by atoms with Crippen LogP contribution in [0, 0.1) is 18.7 Å². The Balaban J connectivity index is 1.71. The Labute approximate surface area is 130 Å². The fourth-order valence-corrected chi connectivity index (χ4v) is 3.10. The molecule has 5 nitrogen and oxygen atoms in total. The molecular weight excluding hydrogens is 305 g/mol. The van der Waals surface area contributed by atoms with Crippen LogP contribution in [0.4, 0.5) is 15.2 Å². The van der Waals surface area contributed by atoms with Gasteiger partial charge in [0.05, 0.1) is 17.3 Å². The second kappa shape index (κ2) is 5.84. The summed E-state index contributed by atoms with van der Waals surface area (Å²) in [5.74, 6) is -1.48. The van der Waals surface area contributed by atoms with Gasteiger partial charge in [-0.1, -0.05) is 12.1 Å². The van der Waals surface area contributed by atoms with Crippen molar-refractivity contribution in [1.82, 2.24) is 4.98 Å². The number of carbonyl (C=O) groups is 2. The zero-order chi connectivity index (χ0) is 15.7. The fraction of sp³-hybridized carbons (Fsp3) is 0.267. The normalized spacial score (nSPS) is 17.8. The molecule has 2 aromatic rings. The van der Waals surface area contributed by atoms with Crippen molar-refractivity contribution in [2.24, 2.45) is 5.92 Å². The van der Waals surface area contributed by atoms with Gasteiger partial charge in [-0.2, -0.15) is 0 Å². The van der Waals surface area contributed by atoms with Crippen molar-refractivity contribution in [2.45, 2.75) is 13.3 Å². The molecule has 114 valence electrons. The van der Waals surface area contributed by atoms with Crippen LogP contribution in [-0.4, -0.2) is 23.3 Å². The number of rotatable bonds is 3. The van der Waals surface area contributed by atoms with E-state index in [1.165, 1.54) is 28.4 Å². The first-order chi connectivity index (χ1) is 10.5. The van der Waals surface area contributed by atoms with Crippen LogP contribution in [0.5, 0.6) is 0 Å². The Morgan fingerprint density at radius 1 is 1.45 bits per heavy atom. The van der Waals surface area contributed by atoms with Gasteiger partial charge in [-0.3, -0.25) is 9.59 Å². The standard InChI is InChI=1S/C15H14FN3O2S/c1-9-8-22-15(17-9)18-14(21)10-6-13(20)19(7-10)12-5-3-2-4-11(12)16/h2-5,8,10H,6-7H2,1H3,(H,17,18,21). The summed E-state index contributed by atoms with van der Waals surface area (Å²) in [4.78, 5) is 29.8. The fourth-order valence-electron chi connectivity index (χ4n) is 2.41. The summed E-state index contributed by atoms with van der Waals surface area (Å²) in [5.41, 5.74) is 1.05. The van der Waals surface area contributed by atoms with Crippen LogP contribution in [0.15, 0.2) is 29.6 Å². The number of aryl methyl sites for hydroxylation is 1. The third-order valence-electron chi connectivity index (χ3n) is 3.49. The van der Waals surface area contributed by atoms with Crippen LogP contribution in [0.25, 0.3) is 0 Å². The van der Waals surface area contributed by atoms with E-state index in [-0.39, 0.29) is 30.5 Å². The number of anilines is 2. The van der Waals surface area contributed by atoms with E-state index in [2.05, 4.69) is 10.3 Å². The molecule has 0 spiro atoms. The van der Waals surface area contributed by atoms with E-state index in [4.69, 9.17) is 0 Å². The van der Waals surface area contributed by atoms with Crippen molar-refractivity contribution in [3.63, 3.8) is 0 Å². The van der Waals surface area contributed by atoms with E-state index in [9.17, 15) is 14.0 Å². The number of nitrogens with one attached hydrogen (secondary N) is 1. The van der Waals surface area contributed by atoms with Gasteiger partial charge in [0.2, 0.25) is 11.8 Å². The zero-order valence-electron chi connectivity index (χ0n) is 11.9. The largest absolute Gasteiger partial charge is 0.309 e. The molecule has 0 radical (unpaired) electrons. The van der Waals surface area contributed by atoms with E-state index in [0.717, 1.165) is 5.69 Å². The Morgan fingerprint density at radius 3 is 2.91 bits per heavy atom. The topological polar surface area (TPSA) is 62.3 Å². The Kier molecular flexibility index (Phi) is 3.89. The first-order valence-corrected chi connectivity index (χ1v) is 7.70. The predicted molar refractivity (Wildman–Crippen MR) is 82.3 cm³/mol. The molecule has 0 saturated carbocycles. The van der Waals surface area contributed by atoms with Crippen LogP contribution in [-0.2, 0) is 9.59 Å². The van der Waals surface area contributed by atoms with Crippen molar-refractivity contribution in [2.75, 3.05) is 16.8 Å². The number of hydrogen-bond donors (Lipinski definition) is 1. The SMILES string of the molecule is Cc1csc(NC(=O)C2CC(=O)N(c3ccccc3F)C2)n1. The minimum Gasteiger partial charge on any atom is -0.309 e. The third kappa shape index (κ3) is 2.85. The Bertz CT molecular complexity index is 731. The molecule has 1 N–H and O–H groups in total. The second-order valence-electron chi connectivity index (χ2n) is 5.14. The average Bonchev–Trinajstić information content (AvgIpc) is 3.06. The Hall–Kier alpha value is -2.28. The maximum absolute atomic E-state index is 13.8. The molecule has 3 rings (SSSR count). The molecule has 0 bridgehead atoms. The Morgan fingerprint density at radius 2 is 2.23 bits per heavy atom. The summed E-state index contributed by atoms with van der Waals surface area (Å²) < 4.78 is 13.8. The van der Waals surface area contributed by atoms with Crippen molar-refractivity contribution < 1.29 is 14.0 Å². The predicted octanol–water partition coefficient (Wildman–Crippen LogP) is 2.58. The molecular formula is C15H14FN3O2S. The summed E-state index contributed by atoms with van der Waals surface area (Å²) in [6.07, 6.45) is 0.0739. The number of amides is 2. The lowest BCUT2D eigenvalue weighted by Gasteiger charge is -2.17. The number of thiazole rings is 1. The van der Waals surface area contributed by atoms with E-state index in [0.29, 0.717) is 5.13 Å². The molecule has 0 aliphatic carbocycles. The molecule has 1 aromatic heterocycles. The van der Waals surface area contributed by atoms with E-state index < -0.39 is 11.7 Å². The number of aromatic nitrogens is 1. The summed E-state index contributed by atoms with van der Waals surface area (Å²) in [7, 11) is 0. The summed E-state index contributed by atoms with van der Waals surface area (Å²) in [6, 6.07) is 6.07. The first kappa shape index (κ1) is 14.6. The first-order valence-electron chi connectivity index (χ1n) is 6.82. The van der Waals surface area contributed by atoms with Crippen molar-refractivity contribution in [1.29, 1.82) is 0 Å². The summed E-state index contributed by atoms with van der Waals surface area (Å²) in [5, 5.41) is 5.06. The highest BCUT2D eigenvalue weighted by atomic mass is 32.1. The molecule has 1 aliphatic rings. The van der Waals surface area contributed by atoms with Crippen molar-refractivity contribution in [3.05, 3.63) is 41.2 Å². The molecule has 2 amide bonds. The van der Waals surface area contributed by atoms with Gasteiger partial charge in [0, 0.05) is 18.3 Å². The number of para-hydroxylation sites is 1. The lowest BCUT2D eigenvalue weighted by molar-refractivity contribution is -0.122. The van der Waals surface area contributed by atoms with Crippen LogP contribution in [0.1, 0.15) is 12.1 Å². The van der Waals surface area contributed by atoms with Crippen molar-refractivity contribution >= 4 is 34.0 Å². The van der Waals surface area contributed by atoms with Crippen LogP contribution in [0.3, 0.4) is 0 Å². The van der Waals surface area contributed by atoms with Crippen molar-refractivity contribution in [3.8, 4) is 0 Å². The molecule has 22 heavy (non-hydrogen) atoms. The number of carbonyl (C=O) groups excluding carboxylic acids is 2. The van der Waals surface area contributed by atoms with Gasteiger partial charge in [0.15, 0.2) is 5.13 Å². The van der Waals surface area contributed by atoms with Gasteiger partial charge in [-0.15, -0.1) is 11.3 Å². The number of nitrogens with zero attached hydrogens (tertiary/aromatic N) is 2. The molecule has 1 unspecified atom stereocenters. The molecule has 1 aliphatic heterocycles. The maximum Gasteiger partial charge on any atom is 0.231 e. The highest BCUT2D eigenvalue weighted by Gasteiger charge is 2.36. The summed E-state index contributed by atoms with van der Waals surface area (Å²) in [6.45, 7) is 2.02. The zero-order valence-corrected chi connectivity index (χ0v) is 12.7. The van der Waals surface area contributed by atoms with Gasteiger partial charge in [-0.25, -0.2) is 9.37 Å². The van der Waals surface area contributed by atoms with Gasteiger partial charge < -0.3 is 10.2 Å².